The van der Waals surface area contributed by atoms with Crippen molar-refractivity contribution in [1.82, 2.24) is 9.80 Å². The fourth-order valence-corrected chi connectivity index (χ4v) is 5.18. The zero-order valence-corrected chi connectivity index (χ0v) is 23.3. The van der Waals surface area contributed by atoms with E-state index in [4.69, 9.17) is 13.9 Å². The van der Waals surface area contributed by atoms with E-state index in [2.05, 4.69) is 0 Å². The summed E-state index contributed by atoms with van der Waals surface area (Å²) in [5.74, 6) is 0.862. The number of benzene rings is 2. The number of nitrogens with zero attached hydrogens (tertiary/aromatic N) is 2. The summed E-state index contributed by atoms with van der Waals surface area (Å²) >= 11 is 0. The van der Waals surface area contributed by atoms with E-state index in [1.165, 1.54) is 23.3 Å². The maximum Gasteiger partial charge on any atom is 0.416 e. The number of alkyl halides is 3. The summed E-state index contributed by atoms with van der Waals surface area (Å²) in [7, 11) is 3.11. The van der Waals surface area contributed by atoms with Crippen LogP contribution in [0.2, 0.25) is 0 Å². The summed E-state index contributed by atoms with van der Waals surface area (Å²) in [6, 6.07) is 13.2. The van der Waals surface area contributed by atoms with Gasteiger partial charge in [-0.05, 0) is 67.3 Å². The Morgan fingerprint density at radius 3 is 2.37 bits per heavy atom. The highest BCUT2D eigenvalue weighted by molar-refractivity contribution is 5.97. The van der Waals surface area contributed by atoms with Crippen molar-refractivity contribution >= 4 is 11.8 Å². The quantitative estimate of drug-likeness (QED) is 0.267. The molecule has 1 fully saturated rings. The normalized spacial score (nSPS) is 14.0. The number of methoxy groups -OCH3 is 2. The maximum atomic E-state index is 13.8. The summed E-state index contributed by atoms with van der Waals surface area (Å²) in [6.45, 7) is 0.271. The van der Waals surface area contributed by atoms with Gasteiger partial charge in [0.05, 0.1) is 32.6 Å². The van der Waals surface area contributed by atoms with Crippen LogP contribution >= 0.6 is 0 Å². The minimum absolute atomic E-state index is 0.0823. The van der Waals surface area contributed by atoms with Gasteiger partial charge in [-0.25, -0.2) is 0 Å². The Balaban J connectivity index is 1.57. The lowest BCUT2D eigenvalue weighted by Gasteiger charge is -2.35. The maximum absolute atomic E-state index is 13.8. The molecule has 1 heterocycles. The fraction of sp³-hybridized carbons (Fsp3) is 0.419. The first kappa shape index (κ1) is 30.0. The summed E-state index contributed by atoms with van der Waals surface area (Å²) < 4.78 is 56.4. The first-order chi connectivity index (χ1) is 19.7. The van der Waals surface area contributed by atoms with Crippen molar-refractivity contribution in [3.05, 3.63) is 83.3 Å². The van der Waals surface area contributed by atoms with Gasteiger partial charge in [-0.1, -0.05) is 31.4 Å². The van der Waals surface area contributed by atoms with E-state index in [0.29, 0.717) is 43.1 Å². The molecule has 220 valence electrons. The van der Waals surface area contributed by atoms with Crippen molar-refractivity contribution < 1.29 is 36.7 Å². The smallest absolute Gasteiger partial charge is 0.416 e. The molecule has 3 aromatic rings. The van der Waals surface area contributed by atoms with Crippen LogP contribution in [0.3, 0.4) is 0 Å². The highest BCUT2D eigenvalue weighted by atomic mass is 19.4. The molecule has 2 amide bonds. The Labute approximate surface area is 237 Å². The van der Waals surface area contributed by atoms with Gasteiger partial charge in [0.2, 0.25) is 5.91 Å². The lowest BCUT2D eigenvalue weighted by Crippen LogP contribution is -2.48. The molecule has 0 N–H and O–H groups in total. The number of amides is 2. The molecule has 0 bridgehead atoms. The van der Waals surface area contributed by atoms with Crippen molar-refractivity contribution in [3.63, 3.8) is 0 Å². The van der Waals surface area contributed by atoms with Crippen LogP contribution in [0.25, 0.3) is 0 Å². The molecule has 0 atom stereocenters. The highest BCUT2D eigenvalue weighted by Crippen LogP contribution is 2.31. The number of carbonyl (C=O) groups excluding carboxylic acids is 2. The van der Waals surface area contributed by atoms with E-state index in [0.717, 1.165) is 37.0 Å². The third-order valence-corrected chi connectivity index (χ3v) is 7.42. The van der Waals surface area contributed by atoms with Crippen LogP contribution in [0.4, 0.5) is 13.2 Å². The number of halogens is 3. The average molecular weight is 573 g/mol. The molecule has 10 heteroatoms. The molecule has 1 aliphatic carbocycles. The van der Waals surface area contributed by atoms with Crippen LogP contribution in [-0.2, 0) is 23.9 Å². The summed E-state index contributed by atoms with van der Waals surface area (Å²) in [5, 5.41) is 0. The van der Waals surface area contributed by atoms with Crippen LogP contribution < -0.4 is 9.47 Å². The van der Waals surface area contributed by atoms with Gasteiger partial charge in [0, 0.05) is 18.2 Å². The Kier molecular flexibility index (Phi) is 9.96. The second-order valence-corrected chi connectivity index (χ2v) is 10.1. The standard InChI is InChI=1S/C31H35F3N2O5/c1-39-27-14-13-22(18-28(27)40-2)15-16-35(20-26-12-7-17-41-26)29(37)21-36(25-10-4-3-5-11-25)30(38)23-8-6-9-24(19-23)31(32,33)34/h6-9,12-14,17-19,25H,3-5,10-11,15-16,20-21H2,1-2H3. The van der Waals surface area contributed by atoms with E-state index in [1.807, 2.05) is 12.1 Å². The molecule has 1 saturated carbocycles. The second kappa shape index (κ2) is 13.6. The molecule has 0 aliphatic heterocycles. The molecule has 0 spiro atoms. The number of rotatable bonds is 11. The zero-order chi connectivity index (χ0) is 29.4. The van der Waals surface area contributed by atoms with Crippen LogP contribution in [0.15, 0.2) is 65.3 Å². The predicted molar refractivity (Wildman–Crippen MR) is 147 cm³/mol. The largest absolute Gasteiger partial charge is 0.493 e. The van der Waals surface area contributed by atoms with E-state index < -0.39 is 17.6 Å². The van der Waals surface area contributed by atoms with E-state index >= 15 is 0 Å². The van der Waals surface area contributed by atoms with Crippen molar-refractivity contribution in [1.29, 1.82) is 0 Å². The molecule has 7 nitrogen and oxygen atoms in total. The number of hydrogen-bond acceptors (Lipinski definition) is 5. The molecule has 0 unspecified atom stereocenters. The van der Waals surface area contributed by atoms with Crippen LogP contribution in [0.1, 0.15) is 59.3 Å². The lowest BCUT2D eigenvalue weighted by atomic mass is 9.93. The molecular formula is C31H35F3N2O5. The molecule has 0 radical (unpaired) electrons. The van der Waals surface area contributed by atoms with E-state index in [1.54, 1.807) is 37.3 Å². The molecule has 1 aromatic heterocycles. The lowest BCUT2D eigenvalue weighted by molar-refractivity contribution is -0.137. The van der Waals surface area contributed by atoms with E-state index in [9.17, 15) is 22.8 Å². The van der Waals surface area contributed by atoms with Gasteiger partial charge in [0.15, 0.2) is 11.5 Å². The topological polar surface area (TPSA) is 72.2 Å². The minimum atomic E-state index is -4.58. The fourth-order valence-electron chi connectivity index (χ4n) is 5.18. The number of hydrogen-bond donors (Lipinski definition) is 0. The Hall–Kier alpha value is -3.95. The Bertz CT molecular complexity index is 1300. The van der Waals surface area contributed by atoms with Crippen molar-refractivity contribution in [2.45, 2.75) is 57.3 Å². The first-order valence-corrected chi connectivity index (χ1v) is 13.7. The second-order valence-electron chi connectivity index (χ2n) is 10.1. The molecule has 4 rings (SSSR count). The van der Waals surface area contributed by atoms with Crippen molar-refractivity contribution in [3.8, 4) is 11.5 Å². The van der Waals surface area contributed by atoms with Gasteiger partial charge in [-0.2, -0.15) is 13.2 Å². The third-order valence-electron chi connectivity index (χ3n) is 7.42. The SMILES string of the molecule is COc1ccc(CCN(Cc2ccco2)C(=O)CN(C(=O)c2cccc(C(F)(F)F)c2)C2CCCCC2)cc1OC. The van der Waals surface area contributed by atoms with Gasteiger partial charge >= 0.3 is 6.18 Å². The predicted octanol–water partition coefficient (Wildman–Crippen LogP) is 6.36. The molecule has 2 aromatic carbocycles. The Morgan fingerprint density at radius 2 is 1.71 bits per heavy atom. The highest BCUT2D eigenvalue weighted by Gasteiger charge is 2.33. The average Bonchev–Trinajstić information content (AvgIpc) is 3.50. The first-order valence-electron chi connectivity index (χ1n) is 13.7. The van der Waals surface area contributed by atoms with Gasteiger partial charge in [0.1, 0.15) is 12.3 Å². The molecule has 1 aliphatic rings. The van der Waals surface area contributed by atoms with Gasteiger partial charge in [-0.3, -0.25) is 9.59 Å². The number of carbonyl (C=O) groups is 2. The van der Waals surface area contributed by atoms with Gasteiger partial charge < -0.3 is 23.7 Å². The summed E-state index contributed by atoms with van der Waals surface area (Å²) in [5.41, 5.74) is -0.0576. The zero-order valence-electron chi connectivity index (χ0n) is 23.3. The number of ether oxygens (including phenoxy) is 2. The summed E-state index contributed by atoms with van der Waals surface area (Å²) in [6.07, 6.45) is 1.64. The molecular weight excluding hydrogens is 537 g/mol. The van der Waals surface area contributed by atoms with Gasteiger partial charge in [-0.15, -0.1) is 0 Å². The monoisotopic (exact) mass is 572 g/mol. The minimum Gasteiger partial charge on any atom is -0.493 e. The van der Waals surface area contributed by atoms with Gasteiger partial charge in [0.25, 0.3) is 5.91 Å². The third kappa shape index (κ3) is 7.83. The number of furan rings is 1. The molecule has 0 saturated heterocycles. The molecule has 41 heavy (non-hydrogen) atoms. The van der Waals surface area contributed by atoms with Crippen molar-refractivity contribution in [2.75, 3.05) is 27.3 Å². The Morgan fingerprint density at radius 1 is 0.951 bits per heavy atom. The summed E-state index contributed by atoms with van der Waals surface area (Å²) in [4.78, 5) is 30.5. The van der Waals surface area contributed by atoms with Crippen LogP contribution in [0.5, 0.6) is 11.5 Å². The van der Waals surface area contributed by atoms with E-state index in [-0.39, 0.29) is 30.6 Å². The van der Waals surface area contributed by atoms with Crippen LogP contribution in [-0.4, -0.2) is 55.0 Å². The van der Waals surface area contributed by atoms with Crippen molar-refractivity contribution in [2.24, 2.45) is 0 Å². The van der Waals surface area contributed by atoms with Crippen LogP contribution in [0, 0.1) is 0 Å².